The number of nitrogens with zero attached hydrogens (tertiary/aromatic N) is 4. The summed E-state index contributed by atoms with van der Waals surface area (Å²) in [5.74, 6) is 0.630. The SMILES string of the molecule is CC[C@H](C)[C@@H](NCc1nnnn1C(C)(C)C)C(=O)OC. The van der Waals surface area contributed by atoms with Crippen molar-refractivity contribution in [1.82, 2.24) is 25.5 Å². The molecule has 0 saturated heterocycles. The molecule has 0 fully saturated rings. The lowest BCUT2D eigenvalue weighted by molar-refractivity contribution is -0.144. The molecular formula is C13H25N5O2. The van der Waals surface area contributed by atoms with Crippen LogP contribution in [0, 0.1) is 5.92 Å². The van der Waals surface area contributed by atoms with Gasteiger partial charge in [-0.15, -0.1) is 5.10 Å². The lowest BCUT2D eigenvalue weighted by atomic mass is 9.99. The number of ether oxygens (including phenoxy) is 1. The summed E-state index contributed by atoms with van der Waals surface area (Å²) in [6.45, 7) is 10.6. The fourth-order valence-corrected chi connectivity index (χ4v) is 1.92. The van der Waals surface area contributed by atoms with E-state index in [9.17, 15) is 4.79 Å². The van der Waals surface area contributed by atoms with Crippen LogP contribution in [0.5, 0.6) is 0 Å². The molecule has 1 N–H and O–H groups in total. The van der Waals surface area contributed by atoms with Crippen LogP contribution in [0.4, 0.5) is 0 Å². The Labute approximate surface area is 120 Å². The Hall–Kier alpha value is -1.50. The largest absolute Gasteiger partial charge is 0.468 e. The minimum absolute atomic E-state index is 0.182. The number of esters is 1. The van der Waals surface area contributed by atoms with Crippen LogP contribution < -0.4 is 5.32 Å². The van der Waals surface area contributed by atoms with Gasteiger partial charge in [-0.2, -0.15) is 0 Å². The zero-order valence-corrected chi connectivity index (χ0v) is 13.2. The zero-order valence-electron chi connectivity index (χ0n) is 13.2. The molecule has 1 aromatic heterocycles. The highest BCUT2D eigenvalue weighted by molar-refractivity contribution is 5.75. The molecule has 0 aromatic carbocycles. The molecular weight excluding hydrogens is 258 g/mol. The van der Waals surface area contributed by atoms with Gasteiger partial charge in [0.15, 0.2) is 5.82 Å². The van der Waals surface area contributed by atoms with Crippen molar-refractivity contribution in [3.8, 4) is 0 Å². The molecule has 2 atom stereocenters. The normalized spacial score (nSPS) is 14.9. The Morgan fingerprint density at radius 2 is 2.10 bits per heavy atom. The van der Waals surface area contributed by atoms with Crippen LogP contribution in [-0.4, -0.2) is 39.3 Å². The standard InChI is InChI=1S/C13H25N5O2/c1-7-9(2)11(12(19)20-6)14-8-10-15-16-17-18(10)13(3,4)5/h9,11,14H,7-8H2,1-6H3/t9-,11+/m0/s1. The summed E-state index contributed by atoms with van der Waals surface area (Å²) in [6.07, 6.45) is 0.886. The first-order chi connectivity index (χ1) is 9.31. The third-order valence-electron chi connectivity index (χ3n) is 3.32. The van der Waals surface area contributed by atoms with E-state index in [1.807, 2.05) is 34.6 Å². The van der Waals surface area contributed by atoms with Crippen molar-refractivity contribution in [2.45, 2.75) is 59.2 Å². The third-order valence-corrected chi connectivity index (χ3v) is 3.32. The van der Waals surface area contributed by atoms with E-state index in [0.717, 1.165) is 6.42 Å². The number of hydrogen-bond donors (Lipinski definition) is 1. The maximum Gasteiger partial charge on any atom is 0.323 e. The van der Waals surface area contributed by atoms with Gasteiger partial charge < -0.3 is 4.74 Å². The Kier molecular flexibility index (Phi) is 5.62. The average molecular weight is 283 g/mol. The maximum absolute atomic E-state index is 11.8. The van der Waals surface area contributed by atoms with Crippen LogP contribution in [0.15, 0.2) is 0 Å². The van der Waals surface area contributed by atoms with Crippen LogP contribution >= 0.6 is 0 Å². The molecule has 0 aliphatic carbocycles. The van der Waals surface area contributed by atoms with Gasteiger partial charge in [-0.05, 0) is 37.1 Å². The molecule has 1 heterocycles. The van der Waals surface area contributed by atoms with Crippen molar-refractivity contribution in [2.75, 3.05) is 7.11 Å². The Morgan fingerprint density at radius 1 is 1.45 bits per heavy atom. The lowest BCUT2D eigenvalue weighted by Gasteiger charge is -2.23. The number of carbonyl (C=O) groups is 1. The number of carbonyl (C=O) groups excluding carboxylic acids is 1. The van der Waals surface area contributed by atoms with Crippen LogP contribution in [0.1, 0.15) is 46.9 Å². The summed E-state index contributed by atoms with van der Waals surface area (Å²) in [5, 5.41) is 14.9. The summed E-state index contributed by atoms with van der Waals surface area (Å²) >= 11 is 0. The van der Waals surface area contributed by atoms with E-state index in [4.69, 9.17) is 4.74 Å². The minimum Gasteiger partial charge on any atom is -0.468 e. The monoisotopic (exact) mass is 283 g/mol. The van der Waals surface area contributed by atoms with E-state index in [0.29, 0.717) is 12.4 Å². The number of methoxy groups -OCH3 is 1. The maximum atomic E-state index is 11.8. The highest BCUT2D eigenvalue weighted by atomic mass is 16.5. The first-order valence-corrected chi connectivity index (χ1v) is 6.90. The number of nitrogens with one attached hydrogen (secondary N) is 1. The summed E-state index contributed by atoms with van der Waals surface area (Å²) in [5.41, 5.74) is -0.197. The second kappa shape index (κ2) is 6.78. The lowest BCUT2D eigenvalue weighted by Crippen LogP contribution is -2.43. The zero-order chi connectivity index (χ0) is 15.3. The van der Waals surface area contributed by atoms with Crippen molar-refractivity contribution in [3.63, 3.8) is 0 Å². The highest BCUT2D eigenvalue weighted by Crippen LogP contribution is 2.14. The third kappa shape index (κ3) is 4.00. The van der Waals surface area contributed by atoms with Crippen molar-refractivity contribution < 1.29 is 9.53 Å². The topological polar surface area (TPSA) is 81.9 Å². The Balaban J connectivity index is 2.78. The smallest absolute Gasteiger partial charge is 0.323 e. The van der Waals surface area contributed by atoms with E-state index in [2.05, 4.69) is 20.8 Å². The van der Waals surface area contributed by atoms with E-state index < -0.39 is 0 Å². The highest BCUT2D eigenvalue weighted by Gasteiger charge is 2.26. The van der Waals surface area contributed by atoms with Gasteiger partial charge in [-0.25, -0.2) is 4.68 Å². The first-order valence-electron chi connectivity index (χ1n) is 6.90. The number of rotatable bonds is 6. The van der Waals surface area contributed by atoms with E-state index >= 15 is 0 Å². The Morgan fingerprint density at radius 3 is 2.60 bits per heavy atom. The molecule has 0 bridgehead atoms. The molecule has 0 aliphatic heterocycles. The number of hydrogen-bond acceptors (Lipinski definition) is 6. The molecule has 0 unspecified atom stereocenters. The molecule has 1 aromatic rings. The minimum atomic E-state index is -0.352. The second-order valence-corrected chi connectivity index (χ2v) is 5.95. The molecule has 114 valence electrons. The summed E-state index contributed by atoms with van der Waals surface area (Å²) in [7, 11) is 1.40. The van der Waals surface area contributed by atoms with Gasteiger partial charge in [0, 0.05) is 0 Å². The number of tetrazole rings is 1. The second-order valence-electron chi connectivity index (χ2n) is 5.95. The van der Waals surface area contributed by atoms with Crippen LogP contribution in [0.3, 0.4) is 0 Å². The van der Waals surface area contributed by atoms with E-state index in [1.165, 1.54) is 7.11 Å². The molecule has 7 heteroatoms. The van der Waals surface area contributed by atoms with E-state index in [-0.39, 0.29) is 23.5 Å². The van der Waals surface area contributed by atoms with Gasteiger partial charge in [-0.1, -0.05) is 20.3 Å². The predicted molar refractivity (Wildman–Crippen MR) is 74.9 cm³/mol. The van der Waals surface area contributed by atoms with Crippen molar-refractivity contribution in [3.05, 3.63) is 5.82 Å². The fraction of sp³-hybridized carbons (Fsp3) is 0.846. The molecule has 1 rings (SSSR count). The van der Waals surface area contributed by atoms with Gasteiger partial charge >= 0.3 is 5.97 Å². The Bertz CT molecular complexity index is 438. The van der Waals surface area contributed by atoms with Gasteiger partial charge in [0.1, 0.15) is 6.04 Å². The quantitative estimate of drug-likeness (QED) is 0.787. The van der Waals surface area contributed by atoms with Crippen LogP contribution in [0.2, 0.25) is 0 Å². The number of aromatic nitrogens is 4. The summed E-state index contributed by atoms with van der Waals surface area (Å²) in [4.78, 5) is 11.8. The molecule has 7 nitrogen and oxygen atoms in total. The molecule has 20 heavy (non-hydrogen) atoms. The van der Waals surface area contributed by atoms with Crippen LogP contribution in [-0.2, 0) is 21.6 Å². The van der Waals surface area contributed by atoms with Gasteiger partial charge in [0.2, 0.25) is 0 Å². The first kappa shape index (κ1) is 16.6. The van der Waals surface area contributed by atoms with Gasteiger partial charge in [0.25, 0.3) is 0 Å². The molecule has 0 aliphatic rings. The van der Waals surface area contributed by atoms with Gasteiger partial charge in [-0.3, -0.25) is 10.1 Å². The van der Waals surface area contributed by atoms with Crippen molar-refractivity contribution >= 4 is 5.97 Å². The van der Waals surface area contributed by atoms with Gasteiger partial charge in [0.05, 0.1) is 19.2 Å². The van der Waals surface area contributed by atoms with E-state index in [1.54, 1.807) is 4.68 Å². The van der Waals surface area contributed by atoms with Crippen molar-refractivity contribution in [2.24, 2.45) is 5.92 Å². The van der Waals surface area contributed by atoms with Crippen molar-refractivity contribution in [1.29, 1.82) is 0 Å². The molecule has 0 radical (unpaired) electrons. The summed E-state index contributed by atoms with van der Waals surface area (Å²) < 4.78 is 6.60. The predicted octanol–water partition coefficient (Wildman–Crippen LogP) is 1.11. The van der Waals surface area contributed by atoms with Crippen LogP contribution in [0.25, 0.3) is 0 Å². The summed E-state index contributed by atoms with van der Waals surface area (Å²) in [6, 6.07) is -0.352. The molecule has 0 amide bonds. The molecule has 0 saturated carbocycles. The molecule has 0 spiro atoms. The average Bonchev–Trinajstić information content (AvgIpc) is 2.86. The fourth-order valence-electron chi connectivity index (χ4n) is 1.92.